The van der Waals surface area contributed by atoms with Crippen molar-refractivity contribution >= 4 is 23.1 Å². The first-order chi connectivity index (χ1) is 8.24. The van der Waals surface area contributed by atoms with Gasteiger partial charge < -0.3 is 15.7 Å². The van der Waals surface area contributed by atoms with Gasteiger partial charge >= 0.3 is 0 Å². The lowest BCUT2D eigenvalue weighted by molar-refractivity contribution is 0.0876. The van der Waals surface area contributed by atoms with Gasteiger partial charge in [0.1, 0.15) is 5.84 Å². The van der Waals surface area contributed by atoms with E-state index in [0.29, 0.717) is 23.7 Å². The van der Waals surface area contributed by atoms with E-state index in [2.05, 4.69) is 0 Å². The van der Waals surface area contributed by atoms with Crippen molar-refractivity contribution in [1.29, 1.82) is 5.41 Å². The molecule has 0 heterocycles. The predicted octanol–water partition coefficient (Wildman–Crippen LogP) is 2.22. The highest BCUT2D eigenvalue weighted by Crippen LogP contribution is 2.25. The Morgan fingerprint density at radius 1 is 1.50 bits per heavy atom. The Balaban J connectivity index is 3.17. The molecule has 1 rings (SSSR count). The van der Waals surface area contributed by atoms with Crippen LogP contribution in [0.25, 0.3) is 0 Å². The number of hydrogen-bond donors (Lipinski definition) is 3. The molecule has 5 heteroatoms. The lowest BCUT2D eigenvalue weighted by atomic mass is 10.1. The summed E-state index contributed by atoms with van der Waals surface area (Å²) in [5.74, 6) is -0.0262. The molecule has 1 aromatic carbocycles. The molecular formula is C13H20ClN3O. The second-order valence-electron chi connectivity index (χ2n) is 4.90. The fourth-order valence-electron chi connectivity index (χ4n) is 1.83. The van der Waals surface area contributed by atoms with Crippen LogP contribution < -0.4 is 10.6 Å². The highest BCUT2D eigenvalue weighted by molar-refractivity contribution is 6.31. The average molecular weight is 270 g/mol. The number of aliphatic hydroxyl groups is 1. The zero-order chi connectivity index (χ0) is 13.9. The quantitative estimate of drug-likeness (QED) is 0.567. The SMILES string of the molecule is CCN(CC(C)(C)O)c1ccc(Cl)cc1C(=N)N. The third-order valence-electron chi connectivity index (χ3n) is 2.55. The summed E-state index contributed by atoms with van der Waals surface area (Å²) in [4.78, 5) is 1.98. The van der Waals surface area contributed by atoms with Crippen LogP contribution in [0.3, 0.4) is 0 Å². The van der Waals surface area contributed by atoms with Crippen LogP contribution in [-0.2, 0) is 0 Å². The van der Waals surface area contributed by atoms with Gasteiger partial charge in [0.2, 0.25) is 0 Å². The van der Waals surface area contributed by atoms with Crippen molar-refractivity contribution in [1.82, 2.24) is 0 Å². The molecule has 0 radical (unpaired) electrons. The van der Waals surface area contributed by atoms with Gasteiger partial charge in [-0.25, -0.2) is 0 Å². The van der Waals surface area contributed by atoms with Gasteiger partial charge in [-0.2, -0.15) is 0 Å². The zero-order valence-corrected chi connectivity index (χ0v) is 11.8. The third kappa shape index (κ3) is 3.89. The molecule has 0 spiro atoms. The number of nitrogens with one attached hydrogen (secondary N) is 1. The minimum Gasteiger partial charge on any atom is -0.389 e. The first kappa shape index (κ1) is 14.8. The minimum atomic E-state index is -0.816. The summed E-state index contributed by atoms with van der Waals surface area (Å²) in [6.07, 6.45) is 0. The molecule has 0 fully saturated rings. The zero-order valence-electron chi connectivity index (χ0n) is 11.0. The number of amidine groups is 1. The number of nitrogen functional groups attached to an aromatic ring is 1. The highest BCUT2D eigenvalue weighted by atomic mass is 35.5. The molecule has 0 saturated carbocycles. The van der Waals surface area contributed by atoms with E-state index >= 15 is 0 Å². The molecule has 4 nitrogen and oxygen atoms in total. The van der Waals surface area contributed by atoms with Gasteiger partial charge in [-0.05, 0) is 39.0 Å². The molecule has 0 amide bonds. The van der Waals surface area contributed by atoms with Gasteiger partial charge in [0.05, 0.1) is 5.60 Å². The maximum Gasteiger partial charge on any atom is 0.124 e. The average Bonchev–Trinajstić information content (AvgIpc) is 2.24. The second kappa shape index (κ2) is 5.59. The maximum atomic E-state index is 9.91. The van der Waals surface area contributed by atoms with E-state index in [1.54, 1.807) is 26.0 Å². The van der Waals surface area contributed by atoms with Gasteiger partial charge in [-0.3, -0.25) is 5.41 Å². The van der Waals surface area contributed by atoms with E-state index in [0.717, 1.165) is 5.69 Å². The second-order valence-corrected chi connectivity index (χ2v) is 5.34. The van der Waals surface area contributed by atoms with Crippen molar-refractivity contribution in [2.45, 2.75) is 26.4 Å². The fourth-order valence-corrected chi connectivity index (χ4v) is 2.01. The molecular weight excluding hydrogens is 250 g/mol. The molecule has 0 unspecified atom stereocenters. The van der Waals surface area contributed by atoms with E-state index in [1.807, 2.05) is 17.9 Å². The Bertz CT molecular complexity index is 440. The number of likely N-dealkylation sites (N-methyl/N-ethyl adjacent to an activating group) is 1. The van der Waals surface area contributed by atoms with Gasteiger partial charge in [0, 0.05) is 29.4 Å². The van der Waals surface area contributed by atoms with Gasteiger partial charge in [-0.15, -0.1) is 0 Å². The van der Waals surface area contributed by atoms with Crippen molar-refractivity contribution in [3.63, 3.8) is 0 Å². The molecule has 100 valence electrons. The monoisotopic (exact) mass is 269 g/mol. The number of rotatable bonds is 5. The summed E-state index contributed by atoms with van der Waals surface area (Å²) in [6, 6.07) is 5.26. The Labute approximate surface area is 113 Å². The minimum absolute atomic E-state index is 0.0262. The van der Waals surface area contributed by atoms with Crippen LogP contribution in [0.4, 0.5) is 5.69 Å². The van der Waals surface area contributed by atoms with E-state index in [9.17, 15) is 5.11 Å². The molecule has 0 aliphatic carbocycles. The van der Waals surface area contributed by atoms with Crippen LogP contribution in [0.1, 0.15) is 26.3 Å². The van der Waals surface area contributed by atoms with Crippen LogP contribution in [0.2, 0.25) is 5.02 Å². The van der Waals surface area contributed by atoms with Crippen molar-refractivity contribution in [2.24, 2.45) is 5.73 Å². The number of halogens is 1. The standard InChI is InChI=1S/C13H20ClN3O/c1-4-17(8-13(2,3)18)11-6-5-9(14)7-10(11)12(15)16/h5-7,18H,4,8H2,1-3H3,(H3,15,16). The van der Waals surface area contributed by atoms with Crippen LogP contribution >= 0.6 is 11.6 Å². The molecule has 0 aliphatic heterocycles. The molecule has 0 atom stereocenters. The summed E-state index contributed by atoms with van der Waals surface area (Å²) >= 11 is 5.92. The van der Waals surface area contributed by atoms with E-state index in [1.165, 1.54) is 0 Å². The summed E-state index contributed by atoms with van der Waals surface area (Å²) in [5.41, 5.74) is 6.17. The highest BCUT2D eigenvalue weighted by Gasteiger charge is 2.20. The van der Waals surface area contributed by atoms with E-state index in [4.69, 9.17) is 22.7 Å². The molecule has 18 heavy (non-hydrogen) atoms. The smallest absolute Gasteiger partial charge is 0.124 e. The number of anilines is 1. The normalized spacial score (nSPS) is 11.4. The van der Waals surface area contributed by atoms with Crippen LogP contribution in [0.15, 0.2) is 18.2 Å². The Morgan fingerprint density at radius 3 is 2.56 bits per heavy atom. The van der Waals surface area contributed by atoms with Crippen molar-refractivity contribution < 1.29 is 5.11 Å². The molecule has 4 N–H and O–H groups in total. The molecule has 1 aromatic rings. The Hall–Kier alpha value is -1.26. The van der Waals surface area contributed by atoms with Gasteiger partial charge in [-0.1, -0.05) is 11.6 Å². The fraction of sp³-hybridized carbons (Fsp3) is 0.462. The summed E-state index contributed by atoms with van der Waals surface area (Å²) in [6.45, 7) is 6.67. The molecule has 0 aromatic heterocycles. The maximum absolute atomic E-state index is 9.91. The predicted molar refractivity (Wildman–Crippen MR) is 76.7 cm³/mol. The largest absolute Gasteiger partial charge is 0.389 e. The summed E-state index contributed by atoms with van der Waals surface area (Å²) in [7, 11) is 0. The van der Waals surface area contributed by atoms with E-state index < -0.39 is 5.60 Å². The number of nitrogens with two attached hydrogens (primary N) is 1. The molecule has 0 saturated heterocycles. The number of nitrogens with zero attached hydrogens (tertiary/aromatic N) is 1. The number of benzene rings is 1. The van der Waals surface area contributed by atoms with E-state index in [-0.39, 0.29) is 5.84 Å². The topological polar surface area (TPSA) is 73.3 Å². The van der Waals surface area contributed by atoms with Gasteiger partial charge in [0.25, 0.3) is 0 Å². The van der Waals surface area contributed by atoms with Gasteiger partial charge in [0.15, 0.2) is 0 Å². The third-order valence-corrected chi connectivity index (χ3v) is 2.78. The molecule has 0 aliphatic rings. The molecule has 0 bridgehead atoms. The van der Waals surface area contributed by atoms with Crippen molar-refractivity contribution in [3.05, 3.63) is 28.8 Å². The Morgan fingerprint density at radius 2 is 2.11 bits per heavy atom. The Kier molecular flexibility index (Phi) is 4.59. The van der Waals surface area contributed by atoms with Crippen molar-refractivity contribution in [2.75, 3.05) is 18.0 Å². The lowest BCUT2D eigenvalue weighted by Crippen LogP contribution is -2.39. The van der Waals surface area contributed by atoms with Crippen LogP contribution in [0.5, 0.6) is 0 Å². The summed E-state index contributed by atoms with van der Waals surface area (Å²) in [5, 5.41) is 18.1. The first-order valence-corrected chi connectivity index (χ1v) is 6.23. The van der Waals surface area contributed by atoms with Crippen LogP contribution in [-0.4, -0.2) is 29.6 Å². The first-order valence-electron chi connectivity index (χ1n) is 5.86. The van der Waals surface area contributed by atoms with Crippen LogP contribution in [0, 0.1) is 5.41 Å². The lowest BCUT2D eigenvalue weighted by Gasteiger charge is -2.31. The van der Waals surface area contributed by atoms with Crippen molar-refractivity contribution in [3.8, 4) is 0 Å². The number of hydrogen-bond acceptors (Lipinski definition) is 3. The summed E-state index contributed by atoms with van der Waals surface area (Å²) < 4.78 is 0.